The van der Waals surface area contributed by atoms with Gasteiger partial charge in [0.1, 0.15) is 5.54 Å². The number of urea groups is 1. The molecule has 2 amide bonds. The molecule has 0 bridgehead atoms. The summed E-state index contributed by atoms with van der Waals surface area (Å²) in [5.41, 5.74) is -0.254. The molecule has 0 saturated heterocycles. The summed E-state index contributed by atoms with van der Waals surface area (Å²) in [7, 11) is 0. The minimum absolute atomic E-state index is 0.333. The van der Waals surface area contributed by atoms with Crippen LogP contribution in [0.1, 0.15) is 26.3 Å². The molecule has 0 aromatic heterocycles. The van der Waals surface area contributed by atoms with Gasteiger partial charge >= 0.3 is 12.0 Å². The van der Waals surface area contributed by atoms with Crippen LogP contribution < -0.4 is 5.32 Å². The van der Waals surface area contributed by atoms with Gasteiger partial charge in [0, 0.05) is 13.1 Å². The van der Waals surface area contributed by atoms with E-state index in [0.29, 0.717) is 13.1 Å². The Balaban J connectivity index is 2.68. The second kappa shape index (κ2) is 6.22. The lowest BCUT2D eigenvalue weighted by Gasteiger charge is -2.34. The van der Waals surface area contributed by atoms with Crippen molar-refractivity contribution in [1.29, 1.82) is 0 Å². The predicted molar refractivity (Wildman–Crippen MR) is 72.8 cm³/mol. The maximum Gasteiger partial charge on any atom is 0.329 e. The number of carbonyl (C=O) groups excluding carboxylic acids is 1. The minimum Gasteiger partial charge on any atom is -0.480 e. The molecule has 1 aromatic rings. The first-order valence-corrected chi connectivity index (χ1v) is 6.22. The van der Waals surface area contributed by atoms with Gasteiger partial charge in [-0.05, 0) is 26.3 Å². The molecular formula is C14H20N2O3. The molecule has 0 atom stereocenters. The van der Waals surface area contributed by atoms with Gasteiger partial charge in [0.15, 0.2) is 0 Å². The van der Waals surface area contributed by atoms with Gasteiger partial charge in [-0.2, -0.15) is 0 Å². The fraction of sp³-hybridized carbons (Fsp3) is 0.429. The molecule has 1 rings (SSSR count). The van der Waals surface area contributed by atoms with E-state index in [4.69, 9.17) is 5.11 Å². The molecule has 104 valence electrons. The summed E-state index contributed by atoms with van der Waals surface area (Å²) in [5.74, 6) is -1.02. The maximum absolute atomic E-state index is 12.1. The smallest absolute Gasteiger partial charge is 0.329 e. The fourth-order valence-corrected chi connectivity index (χ4v) is 1.78. The molecule has 0 aliphatic carbocycles. The van der Waals surface area contributed by atoms with Gasteiger partial charge in [0.05, 0.1) is 0 Å². The molecule has 2 N–H and O–H groups in total. The standard InChI is InChI=1S/C14H20N2O3/c1-4-16(14(2,3)12(17)18)13(19)15-10-11-8-6-5-7-9-11/h5-9H,4,10H2,1-3H3,(H,15,19)(H,17,18). The Labute approximate surface area is 113 Å². The minimum atomic E-state index is -1.23. The zero-order chi connectivity index (χ0) is 14.5. The summed E-state index contributed by atoms with van der Waals surface area (Å²) >= 11 is 0. The van der Waals surface area contributed by atoms with E-state index >= 15 is 0 Å². The number of benzene rings is 1. The Hall–Kier alpha value is -2.04. The van der Waals surface area contributed by atoms with Crippen molar-refractivity contribution in [3.8, 4) is 0 Å². The van der Waals surface area contributed by atoms with Gasteiger partial charge in [0.2, 0.25) is 0 Å². The van der Waals surface area contributed by atoms with Crippen molar-refractivity contribution >= 4 is 12.0 Å². The highest BCUT2D eigenvalue weighted by Crippen LogP contribution is 2.14. The van der Waals surface area contributed by atoms with E-state index in [-0.39, 0.29) is 6.03 Å². The van der Waals surface area contributed by atoms with Gasteiger partial charge < -0.3 is 15.3 Å². The number of carboxylic acid groups (broad SMARTS) is 1. The highest BCUT2D eigenvalue weighted by Gasteiger charge is 2.36. The highest BCUT2D eigenvalue weighted by atomic mass is 16.4. The summed E-state index contributed by atoms with van der Waals surface area (Å²) < 4.78 is 0. The molecule has 19 heavy (non-hydrogen) atoms. The van der Waals surface area contributed by atoms with Crippen LogP contribution in [0.15, 0.2) is 30.3 Å². The van der Waals surface area contributed by atoms with Crippen LogP contribution in [0.25, 0.3) is 0 Å². The molecule has 0 unspecified atom stereocenters. The van der Waals surface area contributed by atoms with E-state index in [1.54, 1.807) is 6.92 Å². The number of aliphatic carboxylic acids is 1. The third kappa shape index (κ3) is 3.71. The van der Waals surface area contributed by atoms with Gasteiger partial charge in [0.25, 0.3) is 0 Å². The molecule has 5 heteroatoms. The monoisotopic (exact) mass is 264 g/mol. The average molecular weight is 264 g/mol. The number of carbonyl (C=O) groups is 2. The number of hydrogen-bond acceptors (Lipinski definition) is 2. The van der Waals surface area contributed by atoms with E-state index in [0.717, 1.165) is 5.56 Å². The molecule has 0 heterocycles. The number of likely N-dealkylation sites (N-methyl/N-ethyl adjacent to an activating group) is 1. The van der Waals surface area contributed by atoms with Crippen molar-refractivity contribution in [3.63, 3.8) is 0 Å². The molecular weight excluding hydrogens is 244 g/mol. The van der Waals surface area contributed by atoms with Crippen molar-refractivity contribution in [2.24, 2.45) is 0 Å². The summed E-state index contributed by atoms with van der Waals surface area (Å²) in [6.07, 6.45) is 0. The zero-order valence-corrected chi connectivity index (χ0v) is 11.5. The van der Waals surface area contributed by atoms with Crippen molar-refractivity contribution in [2.45, 2.75) is 32.9 Å². The first kappa shape index (κ1) is 15.0. The second-order valence-electron chi connectivity index (χ2n) is 4.75. The quantitative estimate of drug-likeness (QED) is 0.855. The summed E-state index contributed by atoms with van der Waals surface area (Å²) in [6.45, 7) is 5.50. The van der Waals surface area contributed by atoms with Gasteiger partial charge in [-0.3, -0.25) is 0 Å². The summed E-state index contributed by atoms with van der Waals surface area (Å²) in [5, 5.41) is 11.9. The Morgan fingerprint density at radius 2 is 1.84 bits per heavy atom. The average Bonchev–Trinajstić information content (AvgIpc) is 2.38. The third-order valence-electron chi connectivity index (χ3n) is 3.05. The Bertz CT molecular complexity index is 443. The number of nitrogens with one attached hydrogen (secondary N) is 1. The topological polar surface area (TPSA) is 69.6 Å². The highest BCUT2D eigenvalue weighted by molar-refractivity contribution is 5.85. The molecule has 0 fully saturated rings. The number of hydrogen-bond donors (Lipinski definition) is 2. The number of amides is 2. The van der Waals surface area contributed by atoms with E-state index in [9.17, 15) is 9.59 Å². The molecule has 5 nitrogen and oxygen atoms in total. The van der Waals surface area contributed by atoms with Crippen molar-refractivity contribution in [2.75, 3.05) is 6.54 Å². The predicted octanol–water partition coefficient (Wildman–Crippen LogP) is 2.08. The molecule has 0 aliphatic heterocycles. The fourth-order valence-electron chi connectivity index (χ4n) is 1.78. The van der Waals surface area contributed by atoms with E-state index in [1.807, 2.05) is 30.3 Å². The lowest BCUT2D eigenvalue weighted by molar-refractivity contribution is -0.147. The largest absolute Gasteiger partial charge is 0.480 e. The van der Waals surface area contributed by atoms with Gasteiger partial charge in [-0.25, -0.2) is 9.59 Å². The van der Waals surface area contributed by atoms with E-state index in [2.05, 4.69) is 5.32 Å². The molecule has 1 aromatic carbocycles. The van der Waals surface area contributed by atoms with Crippen molar-refractivity contribution in [3.05, 3.63) is 35.9 Å². The second-order valence-corrected chi connectivity index (χ2v) is 4.75. The lowest BCUT2D eigenvalue weighted by Crippen LogP contribution is -2.55. The van der Waals surface area contributed by atoms with Crippen LogP contribution in [0.3, 0.4) is 0 Å². The number of rotatable bonds is 5. The van der Waals surface area contributed by atoms with E-state index < -0.39 is 11.5 Å². The first-order valence-electron chi connectivity index (χ1n) is 6.22. The Morgan fingerprint density at radius 3 is 2.32 bits per heavy atom. The molecule has 0 aliphatic rings. The molecule has 0 radical (unpaired) electrons. The van der Waals surface area contributed by atoms with Crippen LogP contribution in [-0.4, -0.2) is 34.1 Å². The van der Waals surface area contributed by atoms with Crippen LogP contribution >= 0.6 is 0 Å². The van der Waals surface area contributed by atoms with E-state index in [1.165, 1.54) is 18.7 Å². The van der Waals surface area contributed by atoms with Crippen molar-refractivity contribution in [1.82, 2.24) is 10.2 Å². The van der Waals surface area contributed by atoms with Crippen molar-refractivity contribution < 1.29 is 14.7 Å². The lowest BCUT2D eigenvalue weighted by atomic mass is 10.0. The maximum atomic E-state index is 12.1. The van der Waals surface area contributed by atoms with Gasteiger partial charge in [-0.15, -0.1) is 0 Å². The summed E-state index contributed by atoms with van der Waals surface area (Å²) in [6, 6.07) is 9.11. The van der Waals surface area contributed by atoms with Crippen LogP contribution in [0.4, 0.5) is 4.79 Å². The zero-order valence-electron chi connectivity index (χ0n) is 11.5. The van der Waals surface area contributed by atoms with Gasteiger partial charge in [-0.1, -0.05) is 30.3 Å². The first-order chi connectivity index (χ1) is 8.89. The SMILES string of the molecule is CCN(C(=O)NCc1ccccc1)C(C)(C)C(=O)O. The summed E-state index contributed by atoms with van der Waals surface area (Å²) in [4.78, 5) is 24.5. The molecule has 0 saturated carbocycles. The van der Waals surface area contributed by atoms with Crippen LogP contribution in [0.5, 0.6) is 0 Å². The number of nitrogens with zero attached hydrogens (tertiary/aromatic N) is 1. The number of carboxylic acids is 1. The molecule has 0 spiro atoms. The van der Waals surface area contributed by atoms with Crippen LogP contribution in [-0.2, 0) is 11.3 Å². The van der Waals surface area contributed by atoms with Crippen LogP contribution in [0.2, 0.25) is 0 Å². The Kier molecular flexibility index (Phi) is 4.92. The normalized spacial score (nSPS) is 10.9. The third-order valence-corrected chi connectivity index (χ3v) is 3.05. The Morgan fingerprint density at radius 1 is 1.26 bits per heavy atom. The van der Waals surface area contributed by atoms with Crippen LogP contribution in [0, 0.1) is 0 Å².